The zero-order valence-corrected chi connectivity index (χ0v) is 13.0. The van der Waals surface area contributed by atoms with Crippen molar-refractivity contribution in [2.45, 2.75) is 19.3 Å². The molecule has 5 nitrogen and oxygen atoms in total. The number of aliphatic carboxylic acids is 1. The van der Waals surface area contributed by atoms with Crippen LogP contribution in [-0.4, -0.2) is 22.0 Å². The maximum absolute atomic E-state index is 12.0. The fourth-order valence-electron chi connectivity index (χ4n) is 1.97. The number of anilines is 1. The standard InChI is InChI=1S/C15H15BrN2O3/c1-9(6-14(19)20)10-2-4-12(5-3-10)18-15(21)13-7-11(16)8-17-13/h2-5,7-9,17H,6H2,1H3,(H,18,21)(H,19,20). The molecule has 110 valence electrons. The molecule has 1 atom stereocenters. The SMILES string of the molecule is CC(CC(=O)O)c1ccc(NC(=O)c2cc(Br)c[nH]2)cc1. The Balaban J connectivity index is 2.02. The van der Waals surface area contributed by atoms with E-state index in [0.29, 0.717) is 11.4 Å². The van der Waals surface area contributed by atoms with Crippen LogP contribution >= 0.6 is 15.9 Å². The molecule has 0 aliphatic carbocycles. The number of amides is 1. The third-order valence-corrected chi connectivity index (χ3v) is 3.57. The number of nitrogens with one attached hydrogen (secondary N) is 2. The lowest BCUT2D eigenvalue weighted by Crippen LogP contribution is -2.12. The Morgan fingerprint density at radius 1 is 1.33 bits per heavy atom. The second-order valence-electron chi connectivity index (χ2n) is 4.81. The first-order valence-electron chi connectivity index (χ1n) is 6.42. The lowest BCUT2D eigenvalue weighted by Gasteiger charge is -2.10. The van der Waals surface area contributed by atoms with Gasteiger partial charge in [-0.2, -0.15) is 0 Å². The molecule has 1 aromatic carbocycles. The summed E-state index contributed by atoms with van der Waals surface area (Å²) in [5, 5.41) is 11.6. The fraction of sp³-hybridized carbons (Fsp3) is 0.200. The van der Waals surface area contributed by atoms with Crippen molar-refractivity contribution in [1.82, 2.24) is 4.98 Å². The number of carboxylic acids is 1. The van der Waals surface area contributed by atoms with Gasteiger partial charge in [0.05, 0.1) is 6.42 Å². The normalized spacial score (nSPS) is 11.9. The van der Waals surface area contributed by atoms with Crippen LogP contribution in [0.15, 0.2) is 41.0 Å². The molecule has 0 saturated carbocycles. The molecule has 1 aromatic heterocycles. The van der Waals surface area contributed by atoms with Gasteiger partial charge in [-0.05, 0) is 45.6 Å². The molecule has 0 saturated heterocycles. The lowest BCUT2D eigenvalue weighted by molar-refractivity contribution is -0.137. The predicted octanol–water partition coefficient (Wildman–Crippen LogP) is 3.61. The zero-order chi connectivity index (χ0) is 15.4. The number of aromatic amines is 1. The van der Waals surface area contributed by atoms with Crippen LogP contribution in [-0.2, 0) is 4.79 Å². The maximum atomic E-state index is 12.0. The number of aromatic nitrogens is 1. The Bertz CT molecular complexity index is 649. The number of benzene rings is 1. The summed E-state index contributed by atoms with van der Waals surface area (Å²) in [4.78, 5) is 25.5. The van der Waals surface area contributed by atoms with E-state index in [4.69, 9.17) is 5.11 Å². The largest absolute Gasteiger partial charge is 0.481 e. The minimum atomic E-state index is -0.822. The first-order valence-corrected chi connectivity index (χ1v) is 7.22. The second kappa shape index (κ2) is 6.58. The molecule has 1 amide bonds. The first-order chi connectivity index (χ1) is 9.95. The highest BCUT2D eigenvalue weighted by molar-refractivity contribution is 9.10. The van der Waals surface area contributed by atoms with Gasteiger partial charge in [0, 0.05) is 16.4 Å². The van der Waals surface area contributed by atoms with E-state index >= 15 is 0 Å². The van der Waals surface area contributed by atoms with E-state index in [2.05, 4.69) is 26.2 Å². The van der Waals surface area contributed by atoms with Gasteiger partial charge in [0.25, 0.3) is 5.91 Å². The zero-order valence-electron chi connectivity index (χ0n) is 11.4. The van der Waals surface area contributed by atoms with E-state index in [9.17, 15) is 9.59 Å². The van der Waals surface area contributed by atoms with Crippen molar-refractivity contribution in [2.75, 3.05) is 5.32 Å². The quantitative estimate of drug-likeness (QED) is 0.770. The molecule has 2 rings (SSSR count). The summed E-state index contributed by atoms with van der Waals surface area (Å²) in [7, 11) is 0. The Hall–Kier alpha value is -2.08. The van der Waals surface area contributed by atoms with E-state index in [1.807, 2.05) is 19.1 Å². The van der Waals surface area contributed by atoms with Crippen molar-refractivity contribution in [2.24, 2.45) is 0 Å². The van der Waals surface area contributed by atoms with Crippen molar-refractivity contribution >= 4 is 33.5 Å². The molecule has 0 aliphatic rings. The van der Waals surface area contributed by atoms with E-state index < -0.39 is 5.97 Å². The van der Waals surface area contributed by atoms with Crippen molar-refractivity contribution < 1.29 is 14.7 Å². The van der Waals surface area contributed by atoms with Crippen LogP contribution in [0.25, 0.3) is 0 Å². The summed E-state index contributed by atoms with van der Waals surface area (Å²) in [6.45, 7) is 1.86. The van der Waals surface area contributed by atoms with Gasteiger partial charge in [-0.25, -0.2) is 0 Å². The number of carbonyl (C=O) groups is 2. The lowest BCUT2D eigenvalue weighted by atomic mass is 9.98. The number of halogens is 1. The molecule has 0 radical (unpaired) electrons. The molecule has 6 heteroatoms. The van der Waals surface area contributed by atoms with E-state index in [0.717, 1.165) is 10.0 Å². The highest BCUT2D eigenvalue weighted by atomic mass is 79.9. The number of carboxylic acid groups (broad SMARTS) is 1. The molecular weight excluding hydrogens is 336 g/mol. The van der Waals surface area contributed by atoms with Gasteiger partial charge in [-0.15, -0.1) is 0 Å². The molecule has 0 bridgehead atoms. The van der Waals surface area contributed by atoms with E-state index in [-0.39, 0.29) is 18.2 Å². The first kappa shape index (κ1) is 15.3. The third kappa shape index (κ3) is 4.19. The van der Waals surface area contributed by atoms with E-state index in [1.165, 1.54) is 0 Å². The summed E-state index contributed by atoms with van der Waals surface area (Å²) < 4.78 is 0.811. The minimum Gasteiger partial charge on any atom is -0.481 e. The van der Waals surface area contributed by atoms with Crippen LogP contribution in [0.5, 0.6) is 0 Å². The number of hydrogen-bond acceptors (Lipinski definition) is 2. The van der Waals surface area contributed by atoms with Gasteiger partial charge in [0.1, 0.15) is 5.69 Å². The Morgan fingerprint density at radius 3 is 2.52 bits per heavy atom. The Labute approximate surface area is 130 Å². The average molecular weight is 351 g/mol. The van der Waals surface area contributed by atoms with Crippen molar-refractivity contribution in [3.8, 4) is 0 Å². The molecular formula is C15H15BrN2O3. The van der Waals surface area contributed by atoms with Gasteiger partial charge >= 0.3 is 5.97 Å². The van der Waals surface area contributed by atoms with Gasteiger partial charge in [0.15, 0.2) is 0 Å². The Kier molecular flexibility index (Phi) is 4.80. The number of H-pyrrole nitrogens is 1. The topological polar surface area (TPSA) is 82.2 Å². The molecule has 21 heavy (non-hydrogen) atoms. The minimum absolute atomic E-state index is 0.0633. The monoisotopic (exact) mass is 350 g/mol. The average Bonchev–Trinajstić information content (AvgIpc) is 2.85. The summed E-state index contributed by atoms with van der Waals surface area (Å²) >= 11 is 3.27. The summed E-state index contributed by atoms with van der Waals surface area (Å²) in [5.41, 5.74) is 2.06. The smallest absolute Gasteiger partial charge is 0.303 e. The predicted molar refractivity (Wildman–Crippen MR) is 83.6 cm³/mol. The van der Waals surface area contributed by atoms with Gasteiger partial charge in [0.2, 0.25) is 0 Å². The third-order valence-electron chi connectivity index (χ3n) is 3.11. The van der Waals surface area contributed by atoms with Gasteiger partial charge in [-0.1, -0.05) is 19.1 Å². The van der Waals surface area contributed by atoms with Crippen LogP contribution < -0.4 is 5.32 Å². The number of rotatable bonds is 5. The fourth-order valence-corrected chi connectivity index (χ4v) is 2.32. The molecule has 0 fully saturated rings. The highest BCUT2D eigenvalue weighted by Crippen LogP contribution is 2.21. The number of hydrogen-bond donors (Lipinski definition) is 3. The molecule has 2 aromatic rings. The van der Waals surface area contributed by atoms with Crippen LogP contribution in [0.2, 0.25) is 0 Å². The second-order valence-corrected chi connectivity index (χ2v) is 5.72. The highest BCUT2D eigenvalue weighted by Gasteiger charge is 2.11. The molecule has 1 heterocycles. The van der Waals surface area contributed by atoms with Crippen molar-refractivity contribution in [1.29, 1.82) is 0 Å². The molecule has 3 N–H and O–H groups in total. The van der Waals surface area contributed by atoms with Gasteiger partial charge < -0.3 is 15.4 Å². The molecule has 0 aliphatic heterocycles. The van der Waals surface area contributed by atoms with Crippen LogP contribution in [0.3, 0.4) is 0 Å². The van der Waals surface area contributed by atoms with Crippen LogP contribution in [0.4, 0.5) is 5.69 Å². The number of carbonyl (C=O) groups excluding carboxylic acids is 1. The van der Waals surface area contributed by atoms with E-state index in [1.54, 1.807) is 24.4 Å². The van der Waals surface area contributed by atoms with Gasteiger partial charge in [-0.3, -0.25) is 9.59 Å². The summed E-state index contributed by atoms with van der Waals surface area (Å²) in [5.74, 6) is -1.11. The van der Waals surface area contributed by atoms with Crippen LogP contribution in [0.1, 0.15) is 35.3 Å². The molecule has 1 unspecified atom stereocenters. The molecule has 0 spiro atoms. The summed E-state index contributed by atoms with van der Waals surface area (Å²) in [6.07, 6.45) is 1.77. The van der Waals surface area contributed by atoms with Crippen LogP contribution in [0, 0.1) is 0 Å². The van der Waals surface area contributed by atoms with Crippen molar-refractivity contribution in [3.63, 3.8) is 0 Å². The van der Waals surface area contributed by atoms with Crippen molar-refractivity contribution in [3.05, 3.63) is 52.3 Å². The maximum Gasteiger partial charge on any atom is 0.303 e. The summed E-state index contributed by atoms with van der Waals surface area (Å²) in [6, 6.07) is 8.88. The Morgan fingerprint density at radius 2 is 2.00 bits per heavy atom.